The van der Waals surface area contributed by atoms with Crippen LogP contribution < -0.4 is 5.32 Å². The third-order valence-electron chi connectivity index (χ3n) is 5.76. The molecule has 0 unspecified atom stereocenters. The number of carbonyl (C=O) groups is 1. The minimum Gasteiger partial charge on any atom is -0.353 e. The molecule has 1 saturated heterocycles. The van der Waals surface area contributed by atoms with Crippen molar-refractivity contribution in [3.8, 4) is 0 Å². The molecule has 136 valence electrons. The van der Waals surface area contributed by atoms with Gasteiger partial charge in [0.25, 0.3) is 0 Å². The maximum absolute atomic E-state index is 12.6. The van der Waals surface area contributed by atoms with Crippen molar-refractivity contribution in [3.63, 3.8) is 0 Å². The Balaban J connectivity index is 1.24. The second-order valence-electron chi connectivity index (χ2n) is 7.69. The molecule has 2 atom stereocenters. The summed E-state index contributed by atoms with van der Waals surface area (Å²) in [5.74, 6) is 0.838. The topological polar surface area (TPSA) is 45.2 Å². The van der Waals surface area contributed by atoms with Gasteiger partial charge in [0.1, 0.15) is 0 Å². The first-order valence-corrected chi connectivity index (χ1v) is 9.69. The number of benzene rings is 1. The van der Waals surface area contributed by atoms with Crippen molar-refractivity contribution >= 4 is 5.91 Å². The first-order valence-electron chi connectivity index (χ1n) is 9.69. The van der Waals surface area contributed by atoms with Gasteiger partial charge in [-0.05, 0) is 55.4 Å². The summed E-state index contributed by atoms with van der Waals surface area (Å²) in [6.45, 7) is 5.08. The fraction of sp³-hybridized carbons (Fsp3) is 0.455. The standard InChI is InChI=1S/C22H27N3O/c1-16-6-2-3-8-19(16)20-14-21(20)22(26)24-17-9-12-25(13-10-17)15-18-7-4-5-11-23-18/h2-8,11,17,20-21H,9-10,12-15H2,1H3,(H,24,26)/t20-,21+/m1/s1. The molecule has 1 amide bonds. The van der Waals surface area contributed by atoms with Crippen LogP contribution >= 0.6 is 0 Å². The van der Waals surface area contributed by atoms with Crippen LogP contribution in [-0.4, -0.2) is 34.9 Å². The summed E-state index contributed by atoms with van der Waals surface area (Å²) < 4.78 is 0. The molecule has 1 aromatic heterocycles. The molecule has 1 aliphatic heterocycles. The largest absolute Gasteiger partial charge is 0.353 e. The quantitative estimate of drug-likeness (QED) is 0.901. The van der Waals surface area contributed by atoms with Gasteiger partial charge in [0, 0.05) is 37.8 Å². The minimum absolute atomic E-state index is 0.169. The van der Waals surface area contributed by atoms with E-state index < -0.39 is 0 Å². The van der Waals surface area contributed by atoms with E-state index in [0.29, 0.717) is 12.0 Å². The molecule has 2 aliphatic rings. The molecule has 1 N–H and O–H groups in total. The Bertz CT molecular complexity index is 753. The number of piperidine rings is 1. The van der Waals surface area contributed by atoms with Gasteiger partial charge in [-0.1, -0.05) is 30.3 Å². The van der Waals surface area contributed by atoms with Crippen LogP contribution in [0, 0.1) is 12.8 Å². The zero-order valence-corrected chi connectivity index (χ0v) is 15.4. The summed E-state index contributed by atoms with van der Waals surface area (Å²) in [6, 6.07) is 14.8. The molecule has 1 aliphatic carbocycles. The smallest absolute Gasteiger partial charge is 0.223 e. The van der Waals surface area contributed by atoms with Crippen LogP contribution in [0.15, 0.2) is 48.7 Å². The summed E-state index contributed by atoms with van der Waals surface area (Å²) >= 11 is 0. The lowest BCUT2D eigenvalue weighted by Crippen LogP contribution is -2.45. The molecule has 2 fully saturated rings. The second-order valence-corrected chi connectivity index (χ2v) is 7.69. The van der Waals surface area contributed by atoms with E-state index in [-0.39, 0.29) is 11.8 Å². The molecule has 2 heterocycles. The Hall–Kier alpha value is -2.20. The lowest BCUT2D eigenvalue weighted by Gasteiger charge is -2.32. The SMILES string of the molecule is Cc1ccccc1[C@H]1C[C@@H]1C(=O)NC1CCN(Cc2ccccn2)CC1. The molecule has 26 heavy (non-hydrogen) atoms. The van der Waals surface area contributed by atoms with Crippen LogP contribution in [0.3, 0.4) is 0 Å². The number of amides is 1. The van der Waals surface area contributed by atoms with Crippen LogP contribution in [0.2, 0.25) is 0 Å². The third-order valence-corrected chi connectivity index (χ3v) is 5.76. The van der Waals surface area contributed by atoms with Crippen molar-refractivity contribution in [2.24, 2.45) is 5.92 Å². The van der Waals surface area contributed by atoms with Crippen LogP contribution in [0.4, 0.5) is 0 Å². The molecule has 1 aromatic carbocycles. The van der Waals surface area contributed by atoms with Gasteiger partial charge in [-0.2, -0.15) is 0 Å². The van der Waals surface area contributed by atoms with Gasteiger partial charge in [0.05, 0.1) is 5.69 Å². The normalized spacial score (nSPS) is 23.6. The number of carbonyl (C=O) groups excluding carboxylic acids is 1. The first kappa shape index (κ1) is 17.2. The number of rotatable bonds is 5. The molecular formula is C22H27N3O. The molecule has 1 saturated carbocycles. The number of pyridine rings is 1. The summed E-state index contributed by atoms with van der Waals surface area (Å²) in [5, 5.41) is 3.30. The van der Waals surface area contributed by atoms with E-state index in [1.54, 1.807) is 0 Å². The van der Waals surface area contributed by atoms with Gasteiger partial charge in [0.2, 0.25) is 5.91 Å². The van der Waals surface area contributed by atoms with Gasteiger partial charge in [0.15, 0.2) is 0 Å². The van der Waals surface area contributed by atoms with E-state index in [4.69, 9.17) is 0 Å². The fourth-order valence-electron chi connectivity index (χ4n) is 4.10. The van der Waals surface area contributed by atoms with E-state index in [1.165, 1.54) is 11.1 Å². The van der Waals surface area contributed by atoms with Gasteiger partial charge in [-0.3, -0.25) is 14.7 Å². The van der Waals surface area contributed by atoms with Gasteiger partial charge in [-0.25, -0.2) is 0 Å². The summed E-state index contributed by atoms with van der Waals surface area (Å²) in [7, 11) is 0. The van der Waals surface area contributed by atoms with Crippen molar-refractivity contribution in [2.45, 2.75) is 44.7 Å². The molecular weight excluding hydrogens is 322 g/mol. The number of likely N-dealkylation sites (tertiary alicyclic amines) is 1. The van der Waals surface area contributed by atoms with Crippen LogP contribution in [0.1, 0.15) is 42.0 Å². The Morgan fingerprint density at radius 3 is 2.65 bits per heavy atom. The second kappa shape index (κ2) is 7.58. The number of nitrogens with one attached hydrogen (secondary N) is 1. The zero-order valence-electron chi connectivity index (χ0n) is 15.4. The van der Waals surface area contributed by atoms with Crippen LogP contribution in [-0.2, 0) is 11.3 Å². The highest BCUT2D eigenvalue weighted by molar-refractivity contribution is 5.83. The molecule has 2 aromatic rings. The number of nitrogens with zero attached hydrogens (tertiary/aromatic N) is 2. The highest BCUT2D eigenvalue weighted by atomic mass is 16.2. The average Bonchev–Trinajstić information content (AvgIpc) is 3.45. The summed E-state index contributed by atoms with van der Waals surface area (Å²) in [6.07, 6.45) is 4.90. The van der Waals surface area contributed by atoms with Crippen LogP contribution in [0.25, 0.3) is 0 Å². The predicted octanol–water partition coefficient (Wildman–Crippen LogP) is 3.27. The third kappa shape index (κ3) is 3.96. The number of aromatic nitrogens is 1. The molecule has 0 bridgehead atoms. The fourth-order valence-corrected chi connectivity index (χ4v) is 4.10. The highest BCUT2D eigenvalue weighted by Gasteiger charge is 2.44. The summed E-state index contributed by atoms with van der Waals surface area (Å²) in [4.78, 5) is 19.4. The zero-order chi connectivity index (χ0) is 17.9. The van der Waals surface area contributed by atoms with Crippen molar-refractivity contribution < 1.29 is 4.79 Å². The van der Waals surface area contributed by atoms with Crippen molar-refractivity contribution in [3.05, 3.63) is 65.5 Å². The van der Waals surface area contributed by atoms with Crippen molar-refractivity contribution in [1.29, 1.82) is 0 Å². The Morgan fingerprint density at radius 2 is 1.92 bits per heavy atom. The Morgan fingerprint density at radius 1 is 1.15 bits per heavy atom. The highest BCUT2D eigenvalue weighted by Crippen LogP contribution is 2.48. The maximum atomic E-state index is 12.6. The maximum Gasteiger partial charge on any atom is 0.223 e. The lowest BCUT2D eigenvalue weighted by molar-refractivity contribution is -0.123. The lowest BCUT2D eigenvalue weighted by atomic mass is 10.0. The van der Waals surface area contributed by atoms with Crippen molar-refractivity contribution in [2.75, 3.05) is 13.1 Å². The van der Waals surface area contributed by atoms with E-state index in [9.17, 15) is 4.79 Å². The monoisotopic (exact) mass is 349 g/mol. The Kier molecular flexibility index (Phi) is 5.02. The molecule has 4 heteroatoms. The van der Waals surface area contributed by atoms with E-state index in [1.807, 2.05) is 18.3 Å². The predicted molar refractivity (Wildman–Crippen MR) is 103 cm³/mol. The number of hydrogen-bond donors (Lipinski definition) is 1. The molecule has 4 rings (SSSR count). The molecule has 0 spiro atoms. The van der Waals surface area contributed by atoms with Gasteiger partial charge in [-0.15, -0.1) is 0 Å². The summed E-state index contributed by atoms with van der Waals surface area (Å²) in [5.41, 5.74) is 3.77. The average molecular weight is 349 g/mol. The van der Waals surface area contributed by atoms with Crippen LogP contribution in [0.5, 0.6) is 0 Å². The van der Waals surface area contributed by atoms with Gasteiger partial charge < -0.3 is 5.32 Å². The first-order chi connectivity index (χ1) is 12.7. The van der Waals surface area contributed by atoms with E-state index >= 15 is 0 Å². The number of hydrogen-bond acceptors (Lipinski definition) is 3. The molecule has 0 radical (unpaired) electrons. The van der Waals surface area contributed by atoms with Crippen molar-refractivity contribution in [1.82, 2.24) is 15.2 Å². The minimum atomic E-state index is 0.169. The van der Waals surface area contributed by atoms with E-state index in [2.05, 4.69) is 52.5 Å². The Labute approximate surface area is 155 Å². The molecule has 4 nitrogen and oxygen atoms in total. The van der Waals surface area contributed by atoms with E-state index in [0.717, 1.165) is 44.6 Å². The van der Waals surface area contributed by atoms with Gasteiger partial charge >= 0.3 is 0 Å². The number of aryl methyl sites for hydroxylation is 1.